The molecular weight excluding hydrogens is 338 g/mol. The van der Waals surface area contributed by atoms with Crippen LogP contribution in [0.3, 0.4) is 0 Å². The Morgan fingerprint density at radius 2 is 1.25 bits per heavy atom. The fourth-order valence-electron chi connectivity index (χ4n) is 4.43. The van der Waals surface area contributed by atoms with Crippen molar-refractivity contribution in [2.24, 2.45) is 0 Å². The van der Waals surface area contributed by atoms with Gasteiger partial charge in [0, 0.05) is 29.2 Å². The van der Waals surface area contributed by atoms with Crippen molar-refractivity contribution >= 4 is 0 Å². The monoisotopic (exact) mass is 362 g/mol. The third-order valence-corrected chi connectivity index (χ3v) is 5.75. The molecule has 0 atom stereocenters. The standard InChI is InChI=1S/C27H24N/c1-4-11-21(12-5-1)20-28-26-18-10-17-24(26)25(22-13-6-2-7-14-22)19-27(28)23-15-8-3-9-16-23/h1-9,11-16,19H,10,17-18,20H2/q+1. The molecule has 0 amide bonds. The molecule has 0 aliphatic heterocycles. The first kappa shape index (κ1) is 16.9. The van der Waals surface area contributed by atoms with Gasteiger partial charge in [-0.05, 0) is 36.1 Å². The van der Waals surface area contributed by atoms with Crippen molar-refractivity contribution in [3.63, 3.8) is 0 Å². The smallest absolute Gasteiger partial charge is 0.191 e. The predicted molar refractivity (Wildman–Crippen MR) is 115 cm³/mol. The quantitative estimate of drug-likeness (QED) is 0.401. The van der Waals surface area contributed by atoms with Gasteiger partial charge in [0.05, 0.1) is 0 Å². The molecule has 1 nitrogen and oxygen atoms in total. The number of fused-ring (bicyclic) bond motifs is 1. The first-order valence-corrected chi connectivity index (χ1v) is 10.1. The molecule has 0 saturated carbocycles. The predicted octanol–water partition coefficient (Wildman–Crippen LogP) is 5.85. The van der Waals surface area contributed by atoms with Crippen LogP contribution >= 0.6 is 0 Å². The number of rotatable bonds is 4. The highest BCUT2D eigenvalue weighted by Crippen LogP contribution is 2.34. The maximum atomic E-state index is 2.55. The van der Waals surface area contributed by atoms with Crippen molar-refractivity contribution in [2.75, 3.05) is 0 Å². The minimum absolute atomic E-state index is 0.919. The topological polar surface area (TPSA) is 3.88 Å². The fraction of sp³-hybridized carbons (Fsp3) is 0.148. The molecule has 0 saturated heterocycles. The van der Waals surface area contributed by atoms with Crippen LogP contribution in [0.2, 0.25) is 0 Å². The van der Waals surface area contributed by atoms with E-state index in [2.05, 4.69) is 102 Å². The highest BCUT2D eigenvalue weighted by molar-refractivity contribution is 5.73. The molecule has 0 radical (unpaired) electrons. The molecule has 136 valence electrons. The van der Waals surface area contributed by atoms with Crippen LogP contribution in [0.25, 0.3) is 22.4 Å². The van der Waals surface area contributed by atoms with Crippen molar-refractivity contribution in [1.82, 2.24) is 0 Å². The van der Waals surface area contributed by atoms with Gasteiger partial charge < -0.3 is 0 Å². The number of hydrogen-bond donors (Lipinski definition) is 0. The van der Waals surface area contributed by atoms with E-state index in [1.807, 2.05) is 0 Å². The van der Waals surface area contributed by atoms with Crippen molar-refractivity contribution in [2.45, 2.75) is 25.8 Å². The average Bonchev–Trinajstić information content (AvgIpc) is 3.26. The van der Waals surface area contributed by atoms with Gasteiger partial charge in [-0.1, -0.05) is 78.9 Å². The van der Waals surface area contributed by atoms with Gasteiger partial charge in [0.25, 0.3) is 0 Å². The summed E-state index contributed by atoms with van der Waals surface area (Å²) in [7, 11) is 0. The largest absolute Gasteiger partial charge is 0.213 e. The maximum Gasteiger partial charge on any atom is 0.213 e. The Balaban J connectivity index is 1.75. The lowest BCUT2D eigenvalue weighted by atomic mass is 9.96. The highest BCUT2D eigenvalue weighted by Gasteiger charge is 2.29. The Bertz CT molecular complexity index is 1080. The Morgan fingerprint density at radius 3 is 1.93 bits per heavy atom. The van der Waals surface area contributed by atoms with Crippen LogP contribution in [0.15, 0.2) is 97.1 Å². The Labute approximate surface area is 166 Å². The Hall–Kier alpha value is -3.19. The lowest BCUT2D eigenvalue weighted by Crippen LogP contribution is -2.41. The fourth-order valence-corrected chi connectivity index (χ4v) is 4.43. The number of hydrogen-bond acceptors (Lipinski definition) is 0. The van der Waals surface area contributed by atoms with Gasteiger partial charge in [0.1, 0.15) is 0 Å². The van der Waals surface area contributed by atoms with Crippen LogP contribution in [0.4, 0.5) is 0 Å². The molecular formula is C27H24N+. The van der Waals surface area contributed by atoms with Gasteiger partial charge in [-0.25, -0.2) is 0 Å². The van der Waals surface area contributed by atoms with E-state index in [0.29, 0.717) is 0 Å². The first-order chi connectivity index (χ1) is 13.9. The lowest BCUT2D eigenvalue weighted by molar-refractivity contribution is -0.684. The van der Waals surface area contributed by atoms with Gasteiger partial charge in [-0.3, -0.25) is 0 Å². The summed E-state index contributed by atoms with van der Waals surface area (Å²) in [5, 5.41) is 0. The van der Waals surface area contributed by atoms with Crippen LogP contribution in [0.1, 0.15) is 23.2 Å². The molecule has 1 heterocycles. The number of nitrogens with zero attached hydrogens (tertiary/aromatic N) is 1. The molecule has 1 aliphatic carbocycles. The van der Waals surface area contributed by atoms with Crippen molar-refractivity contribution < 1.29 is 4.57 Å². The van der Waals surface area contributed by atoms with E-state index < -0.39 is 0 Å². The summed E-state index contributed by atoms with van der Waals surface area (Å²) in [6.07, 6.45) is 3.56. The van der Waals surface area contributed by atoms with E-state index in [0.717, 1.165) is 13.0 Å². The summed E-state index contributed by atoms with van der Waals surface area (Å²) in [4.78, 5) is 0. The zero-order chi connectivity index (χ0) is 18.8. The zero-order valence-electron chi connectivity index (χ0n) is 16.0. The first-order valence-electron chi connectivity index (χ1n) is 10.1. The van der Waals surface area contributed by atoms with Crippen LogP contribution < -0.4 is 4.57 Å². The molecule has 0 fully saturated rings. The zero-order valence-corrected chi connectivity index (χ0v) is 16.0. The normalized spacial score (nSPS) is 12.7. The highest BCUT2D eigenvalue weighted by atomic mass is 15.0. The molecule has 1 aliphatic rings. The summed E-state index contributed by atoms with van der Waals surface area (Å²) in [6, 6.07) is 34.9. The summed E-state index contributed by atoms with van der Waals surface area (Å²) >= 11 is 0. The summed E-state index contributed by atoms with van der Waals surface area (Å²) in [6.45, 7) is 0.919. The van der Waals surface area contributed by atoms with E-state index in [1.54, 1.807) is 0 Å². The van der Waals surface area contributed by atoms with Crippen LogP contribution in [0, 0.1) is 0 Å². The molecule has 28 heavy (non-hydrogen) atoms. The third-order valence-electron chi connectivity index (χ3n) is 5.75. The second-order valence-corrected chi connectivity index (χ2v) is 7.53. The Kier molecular flexibility index (Phi) is 4.50. The van der Waals surface area contributed by atoms with E-state index in [9.17, 15) is 0 Å². The Morgan fingerprint density at radius 1 is 0.643 bits per heavy atom. The maximum absolute atomic E-state index is 2.55. The van der Waals surface area contributed by atoms with Gasteiger partial charge in [-0.15, -0.1) is 0 Å². The van der Waals surface area contributed by atoms with Gasteiger partial charge in [0.15, 0.2) is 12.2 Å². The summed E-state index contributed by atoms with van der Waals surface area (Å²) < 4.78 is 2.55. The van der Waals surface area contributed by atoms with Crippen molar-refractivity contribution in [3.8, 4) is 22.4 Å². The molecule has 4 aromatic rings. The number of aromatic nitrogens is 1. The minimum Gasteiger partial charge on any atom is -0.191 e. The van der Waals surface area contributed by atoms with Gasteiger partial charge in [-0.2, -0.15) is 4.57 Å². The minimum atomic E-state index is 0.919. The van der Waals surface area contributed by atoms with E-state index in [1.165, 1.54) is 52.0 Å². The van der Waals surface area contributed by atoms with E-state index in [4.69, 9.17) is 0 Å². The average molecular weight is 362 g/mol. The third kappa shape index (κ3) is 3.14. The molecule has 0 spiro atoms. The van der Waals surface area contributed by atoms with Crippen LogP contribution in [0.5, 0.6) is 0 Å². The lowest BCUT2D eigenvalue weighted by Gasteiger charge is -2.14. The van der Waals surface area contributed by atoms with Crippen molar-refractivity contribution in [1.29, 1.82) is 0 Å². The molecule has 0 N–H and O–H groups in total. The second-order valence-electron chi connectivity index (χ2n) is 7.53. The molecule has 1 heteroatoms. The number of pyridine rings is 1. The molecule has 0 unspecified atom stereocenters. The summed E-state index contributed by atoms with van der Waals surface area (Å²) in [5.74, 6) is 0. The molecule has 3 aromatic carbocycles. The molecule has 0 bridgehead atoms. The van der Waals surface area contributed by atoms with Crippen LogP contribution in [-0.2, 0) is 19.4 Å². The molecule has 1 aromatic heterocycles. The van der Waals surface area contributed by atoms with Crippen LogP contribution in [-0.4, -0.2) is 0 Å². The molecule has 5 rings (SSSR count). The van der Waals surface area contributed by atoms with E-state index in [-0.39, 0.29) is 0 Å². The van der Waals surface area contributed by atoms with Gasteiger partial charge in [0.2, 0.25) is 5.69 Å². The van der Waals surface area contributed by atoms with Crippen molar-refractivity contribution in [3.05, 3.63) is 114 Å². The van der Waals surface area contributed by atoms with Gasteiger partial charge >= 0.3 is 0 Å². The number of benzene rings is 3. The van der Waals surface area contributed by atoms with E-state index >= 15 is 0 Å². The summed E-state index contributed by atoms with van der Waals surface area (Å²) in [5.41, 5.74) is 9.70. The second kappa shape index (κ2) is 7.44. The SMILES string of the molecule is c1ccc(C[n+]2c(-c3ccccc3)cc(-c3ccccc3)c3c2CCC3)cc1.